The smallest absolute Gasteiger partial charge is 0.212 e. The average molecular weight is 487 g/mol. The first-order chi connectivity index (χ1) is 15.7. The second-order valence-electron chi connectivity index (χ2n) is 8.12. The van der Waals surface area contributed by atoms with Gasteiger partial charge in [-0.1, -0.05) is 50.4 Å². The number of hydrogen-bond acceptors (Lipinski definition) is 5. The lowest BCUT2D eigenvalue weighted by Gasteiger charge is -2.25. The third kappa shape index (κ3) is 5.73. The second-order valence-corrected chi connectivity index (χ2v) is 8.89. The number of rotatable bonds is 7. The Hall–Kier alpha value is -2.89. The third-order valence-corrected chi connectivity index (χ3v) is 5.67. The quantitative estimate of drug-likeness (QED) is 0.159. The Morgan fingerprint density at radius 3 is 2.55 bits per heavy atom. The summed E-state index contributed by atoms with van der Waals surface area (Å²) in [5.41, 5.74) is 4.48. The van der Waals surface area contributed by atoms with Crippen molar-refractivity contribution in [2.45, 2.75) is 53.0 Å². The van der Waals surface area contributed by atoms with Crippen molar-refractivity contribution in [1.29, 1.82) is 5.26 Å². The number of halogens is 2. The number of hydrogen-bond donors (Lipinski definition) is 1. The molecular formula is C23H28Cl2N8. The van der Waals surface area contributed by atoms with Crippen LogP contribution in [0.5, 0.6) is 0 Å². The van der Waals surface area contributed by atoms with Gasteiger partial charge in [0.15, 0.2) is 11.8 Å². The van der Waals surface area contributed by atoms with Crippen molar-refractivity contribution in [1.82, 2.24) is 25.1 Å². The maximum atomic E-state index is 9.40. The van der Waals surface area contributed by atoms with E-state index >= 15 is 0 Å². The fraction of sp³-hybridized carbons (Fsp3) is 0.435. The van der Waals surface area contributed by atoms with Crippen LogP contribution in [0.15, 0.2) is 23.2 Å². The van der Waals surface area contributed by atoms with E-state index in [1.54, 1.807) is 16.8 Å². The highest BCUT2D eigenvalue weighted by Crippen LogP contribution is 2.28. The molecule has 10 heteroatoms. The van der Waals surface area contributed by atoms with E-state index in [1.165, 1.54) is 5.56 Å². The molecule has 0 unspecified atom stereocenters. The van der Waals surface area contributed by atoms with Crippen LogP contribution in [0, 0.1) is 18.4 Å². The molecular weight excluding hydrogens is 459 g/mol. The molecule has 0 spiro atoms. The second kappa shape index (κ2) is 10.8. The van der Waals surface area contributed by atoms with E-state index < -0.39 is 0 Å². The molecule has 0 saturated heterocycles. The number of fused-ring (bicyclic) bond motifs is 1. The first-order valence-corrected chi connectivity index (χ1v) is 11.6. The number of aliphatic imine (C=N–C) groups is 1. The minimum atomic E-state index is 0.274. The minimum absolute atomic E-state index is 0.274. The number of nitrogens with zero attached hydrogens (tertiary/aromatic N) is 7. The Kier molecular flexibility index (Phi) is 8.11. The molecule has 0 radical (unpaired) electrons. The first-order valence-electron chi connectivity index (χ1n) is 10.9. The van der Waals surface area contributed by atoms with Crippen LogP contribution >= 0.6 is 23.2 Å². The summed E-state index contributed by atoms with van der Waals surface area (Å²) in [6, 6.07) is 5.49. The topological polar surface area (TPSA) is 95.0 Å². The molecule has 174 valence electrons. The van der Waals surface area contributed by atoms with E-state index in [-0.39, 0.29) is 10.3 Å². The van der Waals surface area contributed by atoms with E-state index in [1.807, 2.05) is 25.1 Å². The lowest BCUT2D eigenvalue weighted by molar-refractivity contribution is 0.769. The number of guanidine groups is 1. The van der Waals surface area contributed by atoms with Gasteiger partial charge in [-0.3, -0.25) is 10.00 Å². The van der Waals surface area contributed by atoms with Crippen molar-refractivity contribution in [3.05, 3.63) is 45.5 Å². The zero-order valence-electron chi connectivity index (χ0n) is 19.5. The molecule has 0 fully saturated rings. The lowest BCUT2D eigenvalue weighted by atomic mass is 9.99. The zero-order chi connectivity index (χ0) is 24.1. The van der Waals surface area contributed by atoms with Gasteiger partial charge < -0.3 is 4.90 Å². The average Bonchev–Trinajstić information content (AvgIpc) is 3.04. The van der Waals surface area contributed by atoms with Gasteiger partial charge in [-0.25, -0.2) is 15.0 Å². The van der Waals surface area contributed by atoms with Gasteiger partial charge in [-0.15, -0.1) is 0 Å². The Morgan fingerprint density at radius 2 is 1.94 bits per heavy atom. The predicted molar refractivity (Wildman–Crippen MR) is 134 cm³/mol. The van der Waals surface area contributed by atoms with Crippen molar-refractivity contribution >= 4 is 45.9 Å². The van der Waals surface area contributed by atoms with E-state index in [0.29, 0.717) is 30.7 Å². The summed E-state index contributed by atoms with van der Waals surface area (Å²) in [6.07, 6.45) is 3.85. The van der Waals surface area contributed by atoms with E-state index in [9.17, 15) is 5.26 Å². The van der Waals surface area contributed by atoms with Gasteiger partial charge in [0, 0.05) is 24.7 Å². The highest BCUT2D eigenvalue weighted by Gasteiger charge is 2.18. The monoisotopic (exact) mass is 486 g/mol. The van der Waals surface area contributed by atoms with Crippen LogP contribution in [0.3, 0.4) is 0 Å². The van der Waals surface area contributed by atoms with Gasteiger partial charge in [0.2, 0.25) is 5.96 Å². The normalized spacial score (nSPS) is 11.8. The Balaban J connectivity index is 2.04. The van der Waals surface area contributed by atoms with Crippen molar-refractivity contribution < 1.29 is 0 Å². The van der Waals surface area contributed by atoms with Crippen molar-refractivity contribution in [3.63, 3.8) is 0 Å². The number of aromatic nitrogens is 4. The number of pyridine rings is 2. The molecule has 0 saturated carbocycles. The summed E-state index contributed by atoms with van der Waals surface area (Å²) < 4.78 is 1.80. The summed E-state index contributed by atoms with van der Waals surface area (Å²) in [6.45, 7) is 9.33. The van der Waals surface area contributed by atoms with Gasteiger partial charge in [-0.05, 0) is 43.0 Å². The van der Waals surface area contributed by atoms with Gasteiger partial charge >= 0.3 is 0 Å². The highest BCUT2D eigenvalue weighted by atomic mass is 35.5. The maximum absolute atomic E-state index is 9.40. The lowest BCUT2D eigenvalue weighted by Crippen LogP contribution is -2.40. The standard InChI is InChI=1S/C23H28Cl2N8/c1-6-7-8-33(17-10-19(24)30-20(25)11-17)23(28-13-26)27-12-16-9-18(14(2)3)21-15(4)31-32(5)22(21)29-16/h9-11,14H,6-8,12H2,1-5H3,(H,27,28). The molecule has 0 aliphatic rings. The molecule has 0 aliphatic carbocycles. The van der Waals surface area contributed by atoms with Crippen LogP contribution < -0.4 is 10.2 Å². The number of nitrogens with one attached hydrogen (secondary N) is 1. The molecule has 3 aromatic rings. The third-order valence-electron chi connectivity index (χ3n) is 5.28. The van der Waals surface area contributed by atoms with Crippen LogP contribution in [-0.4, -0.2) is 32.3 Å². The van der Waals surface area contributed by atoms with Gasteiger partial charge in [0.1, 0.15) is 10.3 Å². The molecule has 0 atom stereocenters. The van der Waals surface area contributed by atoms with Crippen molar-refractivity contribution in [3.8, 4) is 6.19 Å². The predicted octanol–water partition coefficient (Wildman–Crippen LogP) is 5.34. The molecule has 3 rings (SSSR count). The fourth-order valence-electron chi connectivity index (χ4n) is 3.75. The van der Waals surface area contributed by atoms with Crippen LogP contribution in [0.4, 0.5) is 5.69 Å². The zero-order valence-corrected chi connectivity index (χ0v) is 21.0. The van der Waals surface area contributed by atoms with E-state index in [2.05, 4.69) is 42.2 Å². The van der Waals surface area contributed by atoms with Crippen LogP contribution in [0.1, 0.15) is 56.5 Å². The molecule has 0 amide bonds. The summed E-state index contributed by atoms with van der Waals surface area (Å²) in [5.74, 6) is 0.707. The molecule has 0 bridgehead atoms. The van der Waals surface area contributed by atoms with Crippen LogP contribution in [0.2, 0.25) is 10.3 Å². The van der Waals surface area contributed by atoms with Crippen LogP contribution in [0.25, 0.3) is 11.0 Å². The molecule has 0 aliphatic heterocycles. The summed E-state index contributed by atoms with van der Waals surface area (Å²) in [5, 5.41) is 18.3. The minimum Gasteiger partial charge on any atom is -0.312 e. The Labute approximate surface area is 204 Å². The van der Waals surface area contributed by atoms with Gasteiger partial charge in [0.25, 0.3) is 0 Å². The fourth-order valence-corrected chi connectivity index (χ4v) is 4.20. The summed E-state index contributed by atoms with van der Waals surface area (Å²) >= 11 is 12.3. The summed E-state index contributed by atoms with van der Waals surface area (Å²) in [4.78, 5) is 15.4. The van der Waals surface area contributed by atoms with Gasteiger partial charge in [0.05, 0.1) is 17.9 Å². The van der Waals surface area contributed by atoms with Crippen molar-refractivity contribution in [2.24, 2.45) is 12.0 Å². The molecule has 0 aromatic carbocycles. The number of nitriles is 1. The number of aryl methyl sites for hydroxylation is 2. The number of anilines is 1. The first kappa shape index (κ1) is 24.7. The van der Waals surface area contributed by atoms with Gasteiger partial charge in [-0.2, -0.15) is 10.4 Å². The highest BCUT2D eigenvalue weighted by molar-refractivity contribution is 6.33. The number of unbranched alkanes of at least 4 members (excludes halogenated alkanes) is 1. The molecule has 1 N–H and O–H groups in total. The molecule has 3 aromatic heterocycles. The SMILES string of the molecule is CCCCN(C(=NCc1cc(C(C)C)c2c(C)nn(C)c2n1)NC#N)c1cc(Cl)nc(Cl)c1. The molecule has 3 heterocycles. The van der Waals surface area contributed by atoms with Crippen LogP contribution in [-0.2, 0) is 13.6 Å². The largest absolute Gasteiger partial charge is 0.312 e. The Morgan fingerprint density at radius 1 is 1.24 bits per heavy atom. The van der Waals surface area contributed by atoms with E-state index in [0.717, 1.165) is 35.3 Å². The summed E-state index contributed by atoms with van der Waals surface area (Å²) in [7, 11) is 1.89. The molecule has 8 nitrogen and oxygen atoms in total. The Bertz CT molecular complexity index is 1190. The maximum Gasteiger partial charge on any atom is 0.212 e. The molecule has 33 heavy (non-hydrogen) atoms. The van der Waals surface area contributed by atoms with Crippen molar-refractivity contribution in [2.75, 3.05) is 11.4 Å². The van der Waals surface area contributed by atoms with E-state index in [4.69, 9.17) is 33.2 Å².